The number of benzene rings is 9. The Balaban J connectivity index is 1.18. The molecule has 1 aliphatic rings. The maximum absolute atomic E-state index is 5.69. The molecule has 2 aromatic heterocycles. The first-order valence-corrected chi connectivity index (χ1v) is 21.0. The molecule has 3 nitrogen and oxygen atoms in total. The van der Waals surface area contributed by atoms with Crippen LogP contribution in [-0.2, 0) is 0 Å². The van der Waals surface area contributed by atoms with Gasteiger partial charge in [-0.05, 0) is 86.3 Å². The topological polar surface area (TPSA) is 29.6 Å². The number of nitrogens with zero attached hydrogens (tertiary/aromatic N) is 3. The van der Waals surface area contributed by atoms with Gasteiger partial charge in [0.2, 0.25) is 0 Å². The van der Waals surface area contributed by atoms with Crippen LogP contribution in [0.25, 0.3) is 80.0 Å². The lowest BCUT2D eigenvalue weighted by Gasteiger charge is -2.30. The zero-order chi connectivity index (χ0) is 38.3. The fraction of sp³-hybridized carbons (Fsp3) is 0.0741. The van der Waals surface area contributed by atoms with E-state index in [-0.39, 0.29) is 12.0 Å². The molecular weight excluding hydrogens is 723 g/mol. The second-order valence-electron chi connectivity index (χ2n) is 15.6. The monoisotopic (exact) mass is 759 g/mol. The van der Waals surface area contributed by atoms with Crippen LogP contribution in [0.1, 0.15) is 36.1 Å². The molecular formula is C54H37N3S. The van der Waals surface area contributed by atoms with E-state index in [2.05, 4.69) is 193 Å². The SMILES string of the molecule is CCC1C(c2ccccc2)=NC(c2ccc3ccccc3c2)=NC1c1cc(-n2c3ccccc3c3cc4ccccc4cc32)c2sc3c4ccccc4ccc3c2c1. The summed E-state index contributed by atoms with van der Waals surface area (Å²) >= 11 is 1.91. The Bertz CT molecular complexity index is 3510. The molecule has 11 aromatic rings. The van der Waals surface area contributed by atoms with Crippen molar-refractivity contribution < 1.29 is 0 Å². The van der Waals surface area contributed by atoms with Crippen molar-refractivity contribution in [3.05, 3.63) is 199 Å². The molecule has 1 aliphatic heterocycles. The number of aromatic nitrogens is 1. The minimum Gasteiger partial charge on any atom is -0.308 e. The third kappa shape index (κ3) is 5.11. The van der Waals surface area contributed by atoms with Crippen LogP contribution in [0.2, 0.25) is 0 Å². The second-order valence-corrected chi connectivity index (χ2v) is 16.6. The molecule has 0 saturated carbocycles. The van der Waals surface area contributed by atoms with E-state index in [1.807, 2.05) is 11.3 Å². The predicted molar refractivity (Wildman–Crippen MR) is 249 cm³/mol. The molecule has 58 heavy (non-hydrogen) atoms. The van der Waals surface area contributed by atoms with Gasteiger partial charge in [-0.15, -0.1) is 11.3 Å². The van der Waals surface area contributed by atoms with Gasteiger partial charge in [-0.1, -0.05) is 153 Å². The highest BCUT2D eigenvalue weighted by Gasteiger charge is 2.33. The van der Waals surface area contributed by atoms with Gasteiger partial charge in [0.05, 0.1) is 33.2 Å². The number of fused-ring (bicyclic) bond motifs is 10. The van der Waals surface area contributed by atoms with E-state index in [0.29, 0.717) is 0 Å². The molecule has 0 radical (unpaired) electrons. The van der Waals surface area contributed by atoms with E-state index in [1.54, 1.807) is 0 Å². The third-order valence-corrected chi connectivity index (χ3v) is 13.6. The Kier molecular flexibility index (Phi) is 7.51. The lowest BCUT2D eigenvalue weighted by Crippen LogP contribution is -2.28. The van der Waals surface area contributed by atoms with Crippen molar-refractivity contribution in [1.82, 2.24) is 4.57 Å². The predicted octanol–water partition coefficient (Wildman–Crippen LogP) is 14.6. The Morgan fingerprint density at radius 3 is 1.97 bits per heavy atom. The number of rotatable bonds is 5. The van der Waals surface area contributed by atoms with Crippen molar-refractivity contribution in [3.63, 3.8) is 0 Å². The van der Waals surface area contributed by atoms with E-state index in [4.69, 9.17) is 9.98 Å². The largest absolute Gasteiger partial charge is 0.308 e. The highest BCUT2D eigenvalue weighted by molar-refractivity contribution is 7.27. The van der Waals surface area contributed by atoms with Crippen LogP contribution in [0.4, 0.5) is 0 Å². The molecule has 3 heterocycles. The summed E-state index contributed by atoms with van der Waals surface area (Å²) in [6, 6.07) is 66.5. The van der Waals surface area contributed by atoms with Crippen LogP contribution in [-0.4, -0.2) is 16.1 Å². The average molecular weight is 760 g/mol. The summed E-state index contributed by atoms with van der Waals surface area (Å²) < 4.78 is 5.13. The normalized spacial score (nSPS) is 15.9. The fourth-order valence-corrected chi connectivity index (χ4v) is 10.9. The van der Waals surface area contributed by atoms with Crippen LogP contribution in [0, 0.1) is 5.92 Å². The van der Waals surface area contributed by atoms with E-state index in [0.717, 1.165) is 29.1 Å². The van der Waals surface area contributed by atoms with Crippen LogP contribution in [0.3, 0.4) is 0 Å². The number of thiophene rings is 1. The molecule has 0 bridgehead atoms. The van der Waals surface area contributed by atoms with Gasteiger partial charge in [0.1, 0.15) is 0 Å². The Labute approximate surface area is 339 Å². The highest BCUT2D eigenvalue weighted by Crippen LogP contribution is 2.47. The van der Waals surface area contributed by atoms with Crippen molar-refractivity contribution in [2.24, 2.45) is 15.9 Å². The van der Waals surface area contributed by atoms with E-state index < -0.39 is 0 Å². The Morgan fingerprint density at radius 1 is 0.483 bits per heavy atom. The van der Waals surface area contributed by atoms with Crippen molar-refractivity contribution >= 4 is 97.2 Å². The van der Waals surface area contributed by atoms with E-state index in [1.165, 1.54) is 85.5 Å². The van der Waals surface area contributed by atoms with Crippen molar-refractivity contribution in [3.8, 4) is 5.69 Å². The summed E-state index contributed by atoms with van der Waals surface area (Å²) in [5.41, 5.74) is 8.10. The van der Waals surface area contributed by atoms with Crippen LogP contribution >= 0.6 is 11.3 Å². The number of amidine groups is 1. The third-order valence-electron chi connectivity index (χ3n) is 12.3. The minimum absolute atomic E-state index is 0.0738. The molecule has 274 valence electrons. The first-order valence-electron chi connectivity index (χ1n) is 20.2. The molecule has 0 fully saturated rings. The fourth-order valence-electron chi connectivity index (χ4n) is 9.54. The second kappa shape index (κ2) is 13.1. The minimum atomic E-state index is -0.161. The zero-order valence-electron chi connectivity index (χ0n) is 31.9. The van der Waals surface area contributed by atoms with E-state index in [9.17, 15) is 0 Å². The van der Waals surface area contributed by atoms with Gasteiger partial charge in [0.15, 0.2) is 5.84 Å². The first-order chi connectivity index (χ1) is 28.7. The molecule has 2 atom stereocenters. The van der Waals surface area contributed by atoms with Gasteiger partial charge in [0, 0.05) is 37.7 Å². The molecule has 9 aromatic carbocycles. The maximum Gasteiger partial charge on any atom is 0.155 e. The average Bonchev–Trinajstić information content (AvgIpc) is 3.83. The Hall–Kier alpha value is -6.88. The summed E-state index contributed by atoms with van der Waals surface area (Å²) in [6.45, 7) is 2.29. The van der Waals surface area contributed by atoms with Crippen molar-refractivity contribution in [1.29, 1.82) is 0 Å². The van der Waals surface area contributed by atoms with Gasteiger partial charge >= 0.3 is 0 Å². The number of hydrogen-bond acceptors (Lipinski definition) is 3. The van der Waals surface area contributed by atoms with Crippen LogP contribution in [0.5, 0.6) is 0 Å². The standard InChI is InChI=1S/C54H37N3S/c1-2-41-50(35-16-4-3-5-17-35)55-54(39-25-24-33-14-6-7-18-36(33)28-39)56-51(41)40-30-46-44-27-26-34-15-10-11-21-42(34)52(44)58-53(46)49(32-40)57-47-23-13-12-22-43(47)45-29-37-19-8-9-20-38(37)31-48(45)57/h3-32,41,51H,2H2,1H3. The van der Waals surface area contributed by atoms with Crippen LogP contribution < -0.4 is 0 Å². The number of aliphatic imine (C=N–C) groups is 2. The molecule has 0 spiro atoms. The summed E-state index contributed by atoms with van der Waals surface area (Å²) in [7, 11) is 0. The van der Waals surface area contributed by atoms with E-state index >= 15 is 0 Å². The van der Waals surface area contributed by atoms with Gasteiger partial charge < -0.3 is 4.57 Å². The molecule has 0 aliphatic carbocycles. The van der Waals surface area contributed by atoms with Gasteiger partial charge in [-0.3, -0.25) is 4.99 Å². The molecule has 4 heteroatoms. The molecule has 0 saturated heterocycles. The van der Waals surface area contributed by atoms with Gasteiger partial charge in [-0.25, -0.2) is 4.99 Å². The smallest absolute Gasteiger partial charge is 0.155 e. The molecule has 2 unspecified atom stereocenters. The summed E-state index contributed by atoms with van der Waals surface area (Å²) in [5, 5.41) is 12.5. The molecule has 0 amide bonds. The lowest BCUT2D eigenvalue weighted by molar-refractivity contribution is 0.533. The van der Waals surface area contributed by atoms with Crippen molar-refractivity contribution in [2.75, 3.05) is 0 Å². The van der Waals surface area contributed by atoms with Crippen molar-refractivity contribution in [2.45, 2.75) is 19.4 Å². The zero-order valence-corrected chi connectivity index (χ0v) is 32.7. The summed E-state index contributed by atoms with van der Waals surface area (Å²) in [6.07, 6.45) is 0.899. The van der Waals surface area contributed by atoms with Gasteiger partial charge in [-0.2, -0.15) is 0 Å². The first kappa shape index (κ1) is 33.3. The quantitative estimate of drug-likeness (QED) is 0.167. The van der Waals surface area contributed by atoms with Gasteiger partial charge in [0.25, 0.3) is 0 Å². The Morgan fingerprint density at radius 2 is 1.16 bits per heavy atom. The lowest BCUT2D eigenvalue weighted by atomic mass is 9.82. The highest BCUT2D eigenvalue weighted by atomic mass is 32.1. The summed E-state index contributed by atoms with van der Waals surface area (Å²) in [4.78, 5) is 11.1. The number of hydrogen-bond donors (Lipinski definition) is 0. The molecule has 0 N–H and O–H groups in total. The maximum atomic E-state index is 5.69. The van der Waals surface area contributed by atoms with Crippen LogP contribution in [0.15, 0.2) is 192 Å². The summed E-state index contributed by atoms with van der Waals surface area (Å²) in [5.74, 6) is 0.857. The number of para-hydroxylation sites is 1. The molecule has 12 rings (SSSR count).